The van der Waals surface area contributed by atoms with Gasteiger partial charge in [-0.15, -0.1) is 0 Å². The molecule has 6 heteroatoms. The topological polar surface area (TPSA) is 78.9 Å². The van der Waals surface area contributed by atoms with E-state index in [0.717, 1.165) is 0 Å². The Balaban J connectivity index is 2.62. The molecule has 0 aliphatic heterocycles. The fraction of sp³-hybridized carbons (Fsp3) is 0.545. The number of urea groups is 1. The van der Waals surface area contributed by atoms with Crippen LogP contribution in [0.5, 0.6) is 0 Å². The largest absolute Gasteiger partial charge is 0.368 e. The zero-order valence-corrected chi connectivity index (χ0v) is 10.6. The first-order chi connectivity index (χ1) is 7.97. The fourth-order valence-electron chi connectivity index (χ4n) is 1.21. The third kappa shape index (κ3) is 5.14. The molecule has 2 amide bonds. The van der Waals surface area contributed by atoms with Crippen LogP contribution in [0.15, 0.2) is 12.4 Å². The number of rotatable bonds is 4. The summed E-state index contributed by atoms with van der Waals surface area (Å²) in [6, 6.07) is 1.79. The summed E-state index contributed by atoms with van der Waals surface area (Å²) in [7, 11) is 0. The maximum absolute atomic E-state index is 11.5. The molecule has 0 fully saturated rings. The second kappa shape index (κ2) is 6.03. The zero-order chi connectivity index (χ0) is 12.8. The number of aromatic nitrogens is 2. The quantitative estimate of drug-likeness (QED) is 0.746. The number of carbonyl (C=O) groups is 1. The number of carbonyl (C=O) groups excluding carboxylic acids is 1. The molecule has 0 atom stereocenters. The van der Waals surface area contributed by atoms with Gasteiger partial charge in [-0.1, -0.05) is 0 Å². The molecule has 1 heterocycles. The number of anilines is 2. The fourth-order valence-corrected chi connectivity index (χ4v) is 1.21. The van der Waals surface area contributed by atoms with Crippen LogP contribution in [0.1, 0.15) is 27.7 Å². The van der Waals surface area contributed by atoms with Gasteiger partial charge in [-0.25, -0.2) is 14.8 Å². The first kappa shape index (κ1) is 13.2. The van der Waals surface area contributed by atoms with Crippen molar-refractivity contribution < 1.29 is 4.79 Å². The summed E-state index contributed by atoms with van der Waals surface area (Å²) < 4.78 is 0. The van der Waals surface area contributed by atoms with E-state index in [4.69, 9.17) is 0 Å². The van der Waals surface area contributed by atoms with E-state index in [1.807, 2.05) is 27.7 Å². The number of hydrogen-bond acceptors (Lipinski definition) is 4. The molecular weight excluding hydrogens is 218 g/mol. The van der Waals surface area contributed by atoms with Crippen molar-refractivity contribution >= 4 is 17.7 Å². The average Bonchev–Trinajstić information content (AvgIpc) is 2.14. The molecule has 3 N–H and O–H groups in total. The molecular formula is C11H19N5O. The molecule has 0 radical (unpaired) electrons. The van der Waals surface area contributed by atoms with Crippen molar-refractivity contribution in [3.8, 4) is 0 Å². The van der Waals surface area contributed by atoms with Gasteiger partial charge in [0.25, 0.3) is 0 Å². The predicted octanol–water partition coefficient (Wildman–Crippen LogP) is 1.83. The average molecular weight is 237 g/mol. The van der Waals surface area contributed by atoms with E-state index < -0.39 is 0 Å². The van der Waals surface area contributed by atoms with E-state index in [2.05, 4.69) is 25.9 Å². The molecule has 1 aromatic rings. The van der Waals surface area contributed by atoms with Crippen molar-refractivity contribution in [1.82, 2.24) is 15.3 Å². The lowest BCUT2D eigenvalue weighted by Crippen LogP contribution is -2.34. The Morgan fingerprint density at radius 3 is 2.35 bits per heavy atom. The van der Waals surface area contributed by atoms with E-state index in [-0.39, 0.29) is 18.1 Å². The van der Waals surface area contributed by atoms with Crippen molar-refractivity contribution in [3.05, 3.63) is 12.4 Å². The highest BCUT2D eigenvalue weighted by molar-refractivity contribution is 5.88. The third-order valence-corrected chi connectivity index (χ3v) is 1.77. The van der Waals surface area contributed by atoms with Gasteiger partial charge in [0.2, 0.25) is 0 Å². The highest BCUT2D eigenvalue weighted by Gasteiger charge is 2.05. The molecule has 0 saturated heterocycles. The predicted molar refractivity (Wildman–Crippen MR) is 68.1 cm³/mol. The number of nitrogens with one attached hydrogen (secondary N) is 3. The maximum atomic E-state index is 11.5. The first-order valence-corrected chi connectivity index (χ1v) is 5.63. The minimum absolute atomic E-state index is 0.0881. The van der Waals surface area contributed by atoms with Crippen LogP contribution in [0, 0.1) is 0 Å². The lowest BCUT2D eigenvalue weighted by atomic mass is 10.4. The Labute approximate surface area is 101 Å². The number of amides is 2. The van der Waals surface area contributed by atoms with Crippen molar-refractivity contribution in [3.63, 3.8) is 0 Å². The van der Waals surface area contributed by atoms with Crippen LogP contribution in [0.25, 0.3) is 0 Å². The molecule has 0 unspecified atom stereocenters. The molecule has 0 aliphatic carbocycles. The van der Waals surface area contributed by atoms with Gasteiger partial charge >= 0.3 is 6.03 Å². The van der Waals surface area contributed by atoms with E-state index >= 15 is 0 Å². The van der Waals surface area contributed by atoms with Gasteiger partial charge < -0.3 is 10.6 Å². The van der Waals surface area contributed by atoms with Crippen molar-refractivity contribution in [2.45, 2.75) is 39.8 Å². The first-order valence-electron chi connectivity index (χ1n) is 5.63. The minimum Gasteiger partial charge on any atom is -0.368 e. The van der Waals surface area contributed by atoms with Crippen LogP contribution in [0.3, 0.4) is 0 Å². The molecule has 0 aromatic carbocycles. The van der Waals surface area contributed by atoms with Crippen molar-refractivity contribution in [1.29, 1.82) is 0 Å². The van der Waals surface area contributed by atoms with E-state index in [9.17, 15) is 4.79 Å². The lowest BCUT2D eigenvalue weighted by Gasteiger charge is -2.11. The number of nitrogens with zero attached hydrogens (tertiary/aromatic N) is 2. The Morgan fingerprint density at radius 2 is 1.76 bits per heavy atom. The molecule has 1 rings (SSSR count). The molecule has 0 bridgehead atoms. The Kier molecular flexibility index (Phi) is 4.68. The van der Waals surface area contributed by atoms with Gasteiger partial charge in [0.1, 0.15) is 18.0 Å². The molecule has 0 spiro atoms. The summed E-state index contributed by atoms with van der Waals surface area (Å²) in [5, 5.41) is 8.50. The summed E-state index contributed by atoms with van der Waals surface area (Å²) in [6.07, 6.45) is 1.41. The smallest absolute Gasteiger partial charge is 0.320 e. The summed E-state index contributed by atoms with van der Waals surface area (Å²) in [5.74, 6) is 1.16. The molecule has 1 aromatic heterocycles. The summed E-state index contributed by atoms with van der Waals surface area (Å²) in [4.78, 5) is 19.5. The van der Waals surface area contributed by atoms with Gasteiger partial charge in [-0.3, -0.25) is 5.32 Å². The highest BCUT2D eigenvalue weighted by atomic mass is 16.2. The van der Waals surface area contributed by atoms with Gasteiger partial charge in [0.05, 0.1) is 0 Å². The molecule has 94 valence electrons. The van der Waals surface area contributed by atoms with Crippen molar-refractivity contribution in [2.24, 2.45) is 0 Å². The maximum Gasteiger partial charge on any atom is 0.320 e. The third-order valence-electron chi connectivity index (χ3n) is 1.77. The van der Waals surface area contributed by atoms with Gasteiger partial charge in [0, 0.05) is 18.2 Å². The van der Waals surface area contributed by atoms with Crippen LogP contribution in [0.2, 0.25) is 0 Å². The van der Waals surface area contributed by atoms with E-state index in [1.54, 1.807) is 6.07 Å². The number of hydrogen-bond donors (Lipinski definition) is 3. The summed E-state index contributed by atoms with van der Waals surface area (Å²) >= 11 is 0. The SMILES string of the molecule is CC(C)NC(=O)Nc1cc(NC(C)C)ncn1. The molecule has 0 aliphatic rings. The van der Waals surface area contributed by atoms with Crippen LogP contribution in [-0.4, -0.2) is 28.1 Å². The molecule has 6 nitrogen and oxygen atoms in total. The van der Waals surface area contributed by atoms with Crippen molar-refractivity contribution in [2.75, 3.05) is 10.6 Å². The van der Waals surface area contributed by atoms with Gasteiger partial charge in [0.15, 0.2) is 0 Å². The lowest BCUT2D eigenvalue weighted by molar-refractivity contribution is 0.250. The summed E-state index contributed by atoms with van der Waals surface area (Å²) in [6.45, 7) is 7.82. The summed E-state index contributed by atoms with van der Waals surface area (Å²) in [5.41, 5.74) is 0. The van der Waals surface area contributed by atoms with Crippen LogP contribution in [0.4, 0.5) is 16.4 Å². The monoisotopic (exact) mass is 237 g/mol. The van der Waals surface area contributed by atoms with Crippen LogP contribution < -0.4 is 16.0 Å². The van der Waals surface area contributed by atoms with E-state index in [1.165, 1.54) is 6.33 Å². The second-order valence-corrected chi connectivity index (χ2v) is 4.34. The Hall–Kier alpha value is -1.85. The second-order valence-electron chi connectivity index (χ2n) is 4.34. The van der Waals surface area contributed by atoms with Crippen LogP contribution >= 0.6 is 0 Å². The van der Waals surface area contributed by atoms with Gasteiger partial charge in [-0.2, -0.15) is 0 Å². The standard InChI is InChI=1S/C11H19N5O/c1-7(2)14-9-5-10(13-6-12-9)16-11(17)15-8(3)4/h5-8H,1-4H3,(H3,12,13,14,15,16,17). The van der Waals surface area contributed by atoms with Crippen LogP contribution in [-0.2, 0) is 0 Å². The van der Waals surface area contributed by atoms with Gasteiger partial charge in [-0.05, 0) is 27.7 Å². The normalized spacial score (nSPS) is 10.5. The zero-order valence-electron chi connectivity index (χ0n) is 10.6. The van der Waals surface area contributed by atoms with E-state index in [0.29, 0.717) is 11.6 Å². The minimum atomic E-state index is -0.269. The Morgan fingerprint density at radius 1 is 1.12 bits per heavy atom. The highest BCUT2D eigenvalue weighted by Crippen LogP contribution is 2.09. The molecule has 0 saturated carbocycles. The Bertz CT molecular complexity index is 378. The molecule has 17 heavy (non-hydrogen) atoms.